The van der Waals surface area contributed by atoms with Gasteiger partial charge in [0.15, 0.2) is 0 Å². The molecule has 2 atom stereocenters. The van der Waals surface area contributed by atoms with Gasteiger partial charge in [-0.3, -0.25) is 14.5 Å². The summed E-state index contributed by atoms with van der Waals surface area (Å²) in [5.74, 6) is -0.238. The molecule has 3 aromatic heterocycles. The molecule has 1 saturated carbocycles. The van der Waals surface area contributed by atoms with Crippen LogP contribution >= 0.6 is 0 Å². The number of fused-ring (bicyclic) bond motifs is 1. The summed E-state index contributed by atoms with van der Waals surface area (Å²) in [4.78, 5) is 22.2. The lowest BCUT2D eigenvalue weighted by molar-refractivity contribution is 0.0714. The topological polar surface area (TPSA) is 92.9 Å². The van der Waals surface area contributed by atoms with Crippen molar-refractivity contribution >= 4 is 16.8 Å². The second-order valence-electron chi connectivity index (χ2n) is 8.75. The Morgan fingerprint density at radius 3 is 2.76 bits per heavy atom. The maximum atomic E-state index is 13.0. The van der Waals surface area contributed by atoms with Gasteiger partial charge in [-0.15, -0.1) is 0 Å². The van der Waals surface area contributed by atoms with Crippen molar-refractivity contribution in [1.29, 1.82) is 0 Å². The number of nitrogens with zero attached hydrogens (tertiary/aromatic N) is 4. The number of aliphatic hydroxyl groups is 1. The number of benzene rings is 1. The lowest BCUT2D eigenvalue weighted by Gasteiger charge is -2.28. The SMILES string of the molecule is Cn1cc(-c2ccc(Cc3cc(C(=O)N[C@H]4CCCC[C@H]4O)nc4ccccc34)cn2)cn1. The Morgan fingerprint density at radius 2 is 2.00 bits per heavy atom. The molecule has 0 unspecified atom stereocenters. The van der Waals surface area contributed by atoms with Crippen molar-refractivity contribution < 1.29 is 9.90 Å². The minimum atomic E-state index is -0.493. The highest BCUT2D eigenvalue weighted by molar-refractivity contribution is 5.96. The van der Waals surface area contributed by atoms with Gasteiger partial charge in [0, 0.05) is 30.4 Å². The molecule has 0 aliphatic heterocycles. The summed E-state index contributed by atoms with van der Waals surface area (Å²) in [5.41, 5.74) is 5.07. The van der Waals surface area contributed by atoms with E-state index in [9.17, 15) is 9.90 Å². The van der Waals surface area contributed by atoms with E-state index in [1.807, 2.05) is 55.8 Å². The predicted molar refractivity (Wildman–Crippen MR) is 127 cm³/mol. The molecule has 1 fully saturated rings. The minimum absolute atomic E-state index is 0.216. The summed E-state index contributed by atoms with van der Waals surface area (Å²) in [7, 11) is 1.88. The molecule has 7 heteroatoms. The highest BCUT2D eigenvalue weighted by Crippen LogP contribution is 2.24. The molecule has 0 bridgehead atoms. The number of para-hydroxylation sites is 1. The first-order chi connectivity index (χ1) is 16.1. The third kappa shape index (κ3) is 4.64. The predicted octanol–water partition coefficient (Wildman–Crippen LogP) is 3.65. The van der Waals surface area contributed by atoms with Crippen LogP contribution in [-0.2, 0) is 13.5 Å². The maximum Gasteiger partial charge on any atom is 0.270 e. The van der Waals surface area contributed by atoms with E-state index < -0.39 is 6.10 Å². The van der Waals surface area contributed by atoms with Crippen molar-refractivity contribution in [2.45, 2.75) is 44.2 Å². The Labute approximate surface area is 192 Å². The fourth-order valence-corrected chi connectivity index (χ4v) is 4.51. The van der Waals surface area contributed by atoms with E-state index in [1.54, 1.807) is 10.9 Å². The van der Waals surface area contributed by atoms with Crippen LogP contribution in [0.3, 0.4) is 0 Å². The van der Waals surface area contributed by atoms with Gasteiger partial charge in [-0.1, -0.05) is 37.1 Å². The molecular weight excluding hydrogens is 414 g/mol. The molecule has 1 aliphatic carbocycles. The molecule has 3 heterocycles. The lowest BCUT2D eigenvalue weighted by atomic mass is 9.92. The van der Waals surface area contributed by atoms with E-state index in [2.05, 4.69) is 26.4 Å². The van der Waals surface area contributed by atoms with Gasteiger partial charge in [-0.05, 0) is 48.6 Å². The number of nitrogens with one attached hydrogen (secondary N) is 1. The third-order valence-electron chi connectivity index (χ3n) is 6.30. The van der Waals surface area contributed by atoms with Gasteiger partial charge >= 0.3 is 0 Å². The van der Waals surface area contributed by atoms with Crippen LogP contribution < -0.4 is 5.32 Å². The van der Waals surface area contributed by atoms with Crippen LogP contribution in [0.25, 0.3) is 22.2 Å². The molecule has 1 aromatic carbocycles. The van der Waals surface area contributed by atoms with E-state index in [4.69, 9.17) is 0 Å². The first-order valence-corrected chi connectivity index (χ1v) is 11.4. The molecule has 4 aromatic rings. The molecular formula is C26H27N5O2. The van der Waals surface area contributed by atoms with Crippen LogP contribution in [0.4, 0.5) is 0 Å². The van der Waals surface area contributed by atoms with Gasteiger partial charge in [-0.2, -0.15) is 5.10 Å². The summed E-state index contributed by atoms with van der Waals surface area (Å²) in [6.45, 7) is 0. The summed E-state index contributed by atoms with van der Waals surface area (Å²) >= 11 is 0. The first-order valence-electron chi connectivity index (χ1n) is 11.4. The van der Waals surface area contributed by atoms with Crippen molar-refractivity contribution in [2.24, 2.45) is 7.05 Å². The van der Waals surface area contributed by atoms with Crippen LogP contribution in [-0.4, -0.2) is 42.9 Å². The number of rotatable bonds is 5. The summed E-state index contributed by atoms with van der Waals surface area (Å²) < 4.78 is 1.76. The van der Waals surface area contributed by atoms with Crippen LogP contribution in [0.5, 0.6) is 0 Å². The van der Waals surface area contributed by atoms with Crippen molar-refractivity contribution in [3.63, 3.8) is 0 Å². The number of aryl methyl sites for hydroxylation is 1. The summed E-state index contributed by atoms with van der Waals surface area (Å²) in [5, 5.41) is 18.5. The average Bonchev–Trinajstić information content (AvgIpc) is 3.27. The number of aliphatic hydroxyl groups excluding tert-OH is 1. The van der Waals surface area contributed by atoms with Gasteiger partial charge in [0.25, 0.3) is 5.91 Å². The zero-order chi connectivity index (χ0) is 22.8. The Balaban J connectivity index is 1.42. The van der Waals surface area contributed by atoms with Crippen LogP contribution in [0.2, 0.25) is 0 Å². The highest BCUT2D eigenvalue weighted by atomic mass is 16.3. The van der Waals surface area contributed by atoms with E-state index in [0.717, 1.165) is 59.0 Å². The summed E-state index contributed by atoms with van der Waals surface area (Å²) in [6.07, 6.45) is 9.28. The Hall–Kier alpha value is -3.58. The molecule has 1 aliphatic rings. The van der Waals surface area contributed by atoms with Crippen molar-refractivity contribution in [2.75, 3.05) is 0 Å². The highest BCUT2D eigenvalue weighted by Gasteiger charge is 2.25. The normalized spacial score (nSPS) is 18.4. The monoisotopic (exact) mass is 441 g/mol. The smallest absolute Gasteiger partial charge is 0.270 e. The standard InChI is InChI=1S/C26H27N5O2/c1-31-16-19(15-28-31)21-11-10-17(14-27-21)12-18-13-24(29-22-7-3-2-6-20(18)22)26(33)30-23-8-4-5-9-25(23)32/h2-3,6-7,10-11,13-16,23,25,32H,4-5,8-9,12H2,1H3,(H,30,33)/t23-,25+/m0/s1. The maximum absolute atomic E-state index is 13.0. The second kappa shape index (κ2) is 9.11. The van der Waals surface area contributed by atoms with E-state index in [-0.39, 0.29) is 11.9 Å². The van der Waals surface area contributed by atoms with Gasteiger partial charge in [0.1, 0.15) is 5.69 Å². The minimum Gasteiger partial charge on any atom is -0.391 e. The molecule has 2 N–H and O–H groups in total. The number of pyridine rings is 2. The summed E-state index contributed by atoms with van der Waals surface area (Å²) in [6, 6.07) is 13.6. The number of amides is 1. The van der Waals surface area contributed by atoms with E-state index in [1.165, 1.54) is 0 Å². The fraction of sp³-hybridized carbons (Fsp3) is 0.308. The van der Waals surface area contributed by atoms with Gasteiger partial charge in [0.05, 0.1) is 29.6 Å². The van der Waals surface area contributed by atoms with Crippen LogP contribution in [0, 0.1) is 0 Å². The zero-order valence-electron chi connectivity index (χ0n) is 18.6. The van der Waals surface area contributed by atoms with Gasteiger partial charge in [0.2, 0.25) is 0 Å². The molecule has 33 heavy (non-hydrogen) atoms. The zero-order valence-corrected chi connectivity index (χ0v) is 18.6. The number of aromatic nitrogens is 4. The first kappa shape index (κ1) is 21.3. The molecule has 5 rings (SSSR count). The van der Waals surface area contributed by atoms with Gasteiger partial charge < -0.3 is 10.4 Å². The number of carbonyl (C=O) groups excluding carboxylic acids is 1. The second-order valence-corrected chi connectivity index (χ2v) is 8.75. The Bertz CT molecular complexity index is 1280. The van der Waals surface area contributed by atoms with E-state index in [0.29, 0.717) is 12.1 Å². The van der Waals surface area contributed by atoms with E-state index >= 15 is 0 Å². The Kier molecular flexibility index (Phi) is 5.88. The van der Waals surface area contributed by atoms with Crippen molar-refractivity contribution in [3.8, 4) is 11.3 Å². The largest absolute Gasteiger partial charge is 0.391 e. The number of hydrogen-bond acceptors (Lipinski definition) is 5. The molecule has 168 valence electrons. The molecule has 1 amide bonds. The lowest BCUT2D eigenvalue weighted by Crippen LogP contribution is -2.45. The Morgan fingerprint density at radius 1 is 1.15 bits per heavy atom. The number of carbonyl (C=O) groups is 1. The van der Waals surface area contributed by atoms with Crippen LogP contribution in [0.1, 0.15) is 47.3 Å². The fourth-order valence-electron chi connectivity index (χ4n) is 4.51. The average molecular weight is 442 g/mol. The molecule has 0 radical (unpaired) electrons. The van der Waals surface area contributed by atoms with Gasteiger partial charge in [-0.25, -0.2) is 4.98 Å². The van der Waals surface area contributed by atoms with Crippen LogP contribution in [0.15, 0.2) is 61.1 Å². The number of hydrogen-bond donors (Lipinski definition) is 2. The molecule has 7 nitrogen and oxygen atoms in total. The molecule has 0 saturated heterocycles. The quantitative estimate of drug-likeness (QED) is 0.493. The third-order valence-corrected chi connectivity index (χ3v) is 6.30. The van der Waals surface area contributed by atoms with Crippen molar-refractivity contribution in [3.05, 3.63) is 77.9 Å². The van der Waals surface area contributed by atoms with Crippen molar-refractivity contribution in [1.82, 2.24) is 25.1 Å². The molecule has 0 spiro atoms.